The average molecular weight is 472 g/mol. The first-order valence-electron chi connectivity index (χ1n) is 11.4. The van der Waals surface area contributed by atoms with Gasteiger partial charge >= 0.3 is 0 Å². The van der Waals surface area contributed by atoms with Crippen LogP contribution >= 0.6 is 11.8 Å². The van der Waals surface area contributed by atoms with Crippen LogP contribution in [-0.2, 0) is 4.79 Å². The average Bonchev–Trinajstić information content (AvgIpc) is 3.27. The molecular weight excluding hydrogens is 442 g/mol. The lowest BCUT2D eigenvalue weighted by atomic mass is 10.0. The molecule has 4 aromatic rings. The molecule has 0 aliphatic carbocycles. The smallest absolute Gasteiger partial charge is 0.234 e. The summed E-state index contributed by atoms with van der Waals surface area (Å²) in [6, 6.07) is 20.0. The number of rotatable bonds is 8. The van der Waals surface area contributed by atoms with Crippen LogP contribution in [0.2, 0.25) is 0 Å². The molecule has 0 unspecified atom stereocenters. The van der Waals surface area contributed by atoms with Crippen LogP contribution in [0.1, 0.15) is 50.7 Å². The predicted octanol–water partition coefficient (Wildman–Crippen LogP) is 6.31. The number of amides is 1. The van der Waals surface area contributed by atoms with E-state index < -0.39 is 0 Å². The molecule has 2 heterocycles. The number of para-hydroxylation sites is 2. The van der Waals surface area contributed by atoms with Gasteiger partial charge in [0.2, 0.25) is 5.91 Å². The summed E-state index contributed by atoms with van der Waals surface area (Å²) in [6.07, 6.45) is 3.52. The Morgan fingerprint density at radius 1 is 0.912 bits per heavy atom. The first kappa shape index (κ1) is 23.7. The maximum Gasteiger partial charge on any atom is 0.234 e. The second kappa shape index (κ2) is 10.7. The van der Waals surface area contributed by atoms with Gasteiger partial charge in [-0.05, 0) is 47.2 Å². The number of carbonyl (C=O) groups excluding carboxylic acids is 1. The highest BCUT2D eigenvalue weighted by molar-refractivity contribution is 7.99. The molecule has 0 spiro atoms. The van der Waals surface area contributed by atoms with Gasteiger partial charge in [0.25, 0.3) is 0 Å². The molecule has 174 valence electrons. The second-order valence-corrected chi connectivity index (χ2v) is 9.62. The molecule has 2 aromatic carbocycles. The molecule has 0 radical (unpaired) electrons. The molecule has 1 amide bonds. The van der Waals surface area contributed by atoms with Crippen molar-refractivity contribution >= 4 is 23.4 Å². The van der Waals surface area contributed by atoms with E-state index in [1.165, 1.54) is 17.3 Å². The van der Waals surface area contributed by atoms with Crippen LogP contribution in [0.5, 0.6) is 0 Å². The van der Waals surface area contributed by atoms with E-state index in [2.05, 4.69) is 60.3 Å². The lowest BCUT2D eigenvalue weighted by Crippen LogP contribution is -2.16. The van der Waals surface area contributed by atoms with Crippen molar-refractivity contribution in [3.8, 4) is 17.1 Å². The molecule has 0 fully saturated rings. The first-order chi connectivity index (χ1) is 16.5. The van der Waals surface area contributed by atoms with Crippen molar-refractivity contribution in [3.63, 3.8) is 0 Å². The van der Waals surface area contributed by atoms with Crippen molar-refractivity contribution < 1.29 is 4.79 Å². The van der Waals surface area contributed by atoms with Crippen LogP contribution < -0.4 is 5.32 Å². The zero-order valence-electron chi connectivity index (χ0n) is 19.9. The van der Waals surface area contributed by atoms with Crippen molar-refractivity contribution in [2.24, 2.45) is 0 Å². The minimum Gasteiger partial charge on any atom is -0.325 e. The Bertz CT molecular complexity index is 1270. The molecule has 0 saturated heterocycles. The molecule has 0 saturated carbocycles. The minimum absolute atomic E-state index is 0.0762. The molecule has 0 bridgehead atoms. The summed E-state index contributed by atoms with van der Waals surface area (Å²) in [4.78, 5) is 17.1. The largest absolute Gasteiger partial charge is 0.325 e. The van der Waals surface area contributed by atoms with Gasteiger partial charge in [-0.15, -0.1) is 10.2 Å². The van der Waals surface area contributed by atoms with E-state index in [1.54, 1.807) is 12.4 Å². The summed E-state index contributed by atoms with van der Waals surface area (Å²) in [6.45, 7) is 8.57. The number of nitrogens with zero attached hydrogens (tertiary/aromatic N) is 4. The Labute approximate surface area is 204 Å². The number of thioether (sulfide) groups is 1. The topological polar surface area (TPSA) is 72.7 Å². The molecule has 2 aromatic heterocycles. The lowest BCUT2D eigenvalue weighted by molar-refractivity contribution is -0.113. The van der Waals surface area contributed by atoms with E-state index in [0.29, 0.717) is 22.8 Å². The fraction of sp³-hybridized carbons (Fsp3) is 0.259. The highest BCUT2D eigenvalue weighted by atomic mass is 32.2. The van der Waals surface area contributed by atoms with Gasteiger partial charge in [-0.3, -0.25) is 14.3 Å². The fourth-order valence-corrected chi connectivity index (χ4v) is 4.62. The quantitative estimate of drug-likeness (QED) is 0.305. The molecule has 0 aliphatic rings. The summed E-state index contributed by atoms with van der Waals surface area (Å²) in [5.41, 5.74) is 5.04. The minimum atomic E-state index is -0.0762. The SMILES string of the molecule is CC(C)c1ccccc1NC(=O)CSc1nnc(-c2cccnc2)n1-c1ccccc1C(C)C. The van der Waals surface area contributed by atoms with Gasteiger partial charge in [-0.2, -0.15) is 0 Å². The van der Waals surface area contributed by atoms with Crippen LogP contribution in [0.25, 0.3) is 17.1 Å². The molecule has 7 heteroatoms. The van der Waals surface area contributed by atoms with Gasteiger partial charge in [0, 0.05) is 23.6 Å². The van der Waals surface area contributed by atoms with Crippen LogP contribution in [-0.4, -0.2) is 31.4 Å². The number of hydrogen-bond donors (Lipinski definition) is 1. The number of nitrogens with one attached hydrogen (secondary N) is 1. The maximum atomic E-state index is 12.9. The van der Waals surface area contributed by atoms with Crippen LogP contribution in [0.15, 0.2) is 78.2 Å². The third-order valence-corrected chi connectivity index (χ3v) is 6.47. The summed E-state index contributed by atoms with van der Waals surface area (Å²) >= 11 is 1.38. The molecular formula is C27H29N5OS. The Kier molecular flexibility index (Phi) is 7.43. The van der Waals surface area contributed by atoms with Gasteiger partial charge in [0.1, 0.15) is 0 Å². The van der Waals surface area contributed by atoms with E-state index >= 15 is 0 Å². The summed E-state index contributed by atoms with van der Waals surface area (Å²) in [7, 11) is 0. The van der Waals surface area contributed by atoms with Crippen molar-refractivity contribution in [2.75, 3.05) is 11.1 Å². The standard InChI is InChI=1S/C27H29N5OS/c1-18(2)21-11-5-7-13-23(21)29-25(33)17-34-27-31-30-26(20-10-9-15-28-16-20)32(27)24-14-8-6-12-22(24)19(3)4/h5-16,18-19H,17H2,1-4H3,(H,29,33). The monoisotopic (exact) mass is 471 g/mol. The van der Waals surface area contributed by atoms with E-state index in [-0.39, 0.29) is 11.7 Å². The fourth-order valence-electron chi connectivity index (χ4n) is 3.87. The van der Waals surface area contributed by atoms with Gasteiger partial charge in [0.05, 0.1) is 11.4 Å². The molecule has 6 nitrogen and oxygen atoms in total. The van der Waals surface area contributed by atoms with E-state index in [0.717, 1.165) is 22.5 Å². The summed E-state index contributed by atoms with van der Waals surface area (Å²) in [5, 5.41) is 12.7. The Morgan fingerprint density at radius 3 is 2.32 bits per heavy atom. The predicted molar refractivity (Wildman–Crippen MR) is 139 cm³/mol. The van der Waals surface area contributed by atoms with E-state index in [1.807, 2.05) is 53.1 Å². The third-order valence-electron chi connectivity index (χ3n) is 5.54. The number of carbonyl (C=O) groups is 1. The Balaban J connectivity index is 1.65. The Hall–Kier alpha value is -3.45. The zero-order chi connectivity index (χ0) is 24.1. The zero-order valence-corrected chi connectivity index (χ0v) is 20.7. The summed E-state index contributed by atoms with van der Waals surface area (Å²) in [5.74, 6) is 1.49. The van der Waals surface area contributed by atoms with Gasteiger partial charge in [-0.1, -0.05) is 75.9 Å². The maximum absolute atomic E-state index is 12.9. The lowest BCUT2D eigenvalue weighted by Gasteiger charge is -2.17. The number of benzene rings is 2. The highest BCUT2D eigenvalue weighted by Crippen LogP contribution is 2.32. The van der Waals surface area contributed by atoms with Crippen molar-refractivity contribution in [1.29, 1.82) is 0 Å². The first-order valence-corrected chi connectivity index (χ1v) is 12.4. The van der Waals surface area contributed by atoms with E-state index in [9.17, 15) is 4.79 Å². The number of anilines is 1. The van der Waals surface area contributed by atoms with Crippen molar-refractivity contribution in [3.05, 3.63) is 84.2 Å². The van der Waals surface area contributed by atoms with Crippen molar-refractivity contribution in [2.45, 2.75) is 44.7 Å². The van der Waals surface area contributed by atoms with Crippen LogP contribution in [0.4, 0.5) is 5.69 Å². The summed E-state index contributed by atoms with van der Waals surface area (Å²) < 4.78 is 2.03. The third kappa shape index (κ3) is 5.20. The number of pyridine rings is 1. The highest BCUT2D eigenvalue weighted by Gasteiger charge is 2.20. The molecule has 0 atom stereocenters. The second-order valence-electron chi connectivity index (χ2n) is 8.68. The van der Waals surface area contributed by atoms with Crippen molar-refractivity contribution in [1.82, 2.24) is 19.7 Å². The molecule has 4 rings (SSSR count). The van der Waals surface area contributed by atoms with Crippen LogP contribution in [0.3, 0.4) is 0 Å². The van der Waals surface area contributed by atoms with Gasteiger partial charge in [0.15, 0.2) is 11.0 Å². The number of aromatic nitrogens is 4. The molecule has 0 aliphatic heterocycles. The Morgan fingerprint density at radius 2 is 1.62 bits per heavy atom. The van der Waals surface area contributed by atoms with E-state index in [4.69, 9.17) is 0 Å². The van der Waals surface area contributed by atoms with Crippen LogP contribution in [0, 0.1) is 0 Å². The van der Waals surface area contributed by atoms with Gasteiger partial charge in [-0.25, -0.2) is 0 Å². The normalized spacial score (nSPS) is 11.2. The van der Waals surface area contributed by atoms with Gasteiger partial charge < -0.3 is 5.32 Å². The molecule has 1 N–H and O–H groups in total. The molecule has 34 heavy (non-hydrogen) atoms. The number of hydrogen-bond acceptors (Lipinski definition) is 5.